The number of rotatable bonds is 6. The molecule has 0 aromatic heterocycles. The van der Waals surface area contributed by atoms with Gasteiger partial charge in [0.05, 0.1) is 28.4 Å². The maximum absolute atomic E-state index is 13.4. The lowest BCUT2D eigenvalue weighted by Crippen LogP contribution is -2.38. The predicted octanol–water partition coefficient (Wildman–Crippen LogP) is 3.73. The summed E-state index contributed by atoms with van der Waals surface area (Å²) in [5.41, 5.74) is 3.12. The van der Waals surface area contributed by atoms with Crippen molar-refractivity contribution in [1.82, 2.24) is 5.32 Å². The van der Waals surface area contributed by atoms with Gasteiger partial charge in [-0.05, 0) is 36.1 Å². The maximum atomic E-state index is 13.4. The summed E-state index contributed by atoms with van der Waals surface area (Å²) in [6.07, 6.45) is 1.09. The molecule has 0 unspecified atom stereocenters. The highest BCUT2D eigenvalue weighted by Gasteiger charge is 2.39. The number of amides is 1. The Morgan fingerprint density at radius 1 is 0.812 bits per heavy atom. The van der Waals surface area contributed by atoms with Gasteiger partial charge in [0, 0.05) is 35.6 Å². The SMILES string of the molecule is COc1ccccc1[C@@H]1CC(=O)NC2=C1C(=O)C[C@@H](c1cc(OC)c(OC)c(OC)c1)C2. The molecule has 0 radical (unpaired) electrons. The summed E-state index contributed by atoms with van der Waals surface area (Å²) in [6.45, 7) is 0. The normalized spacial score (nSPS) is 20.4. The minimum atomic E-state index is -0.316. The van der Waals surface area contributed by atoms with Gasteiger partial charge in [0.2, 0.25) is 11.7 Å². The Hall–Kier alpha value is -3.48. The van der Waals surface area contributed by atoms with E-state index in [0.717, 1.165) is 11.1 Å². The Bertz CT molecular complexity index is 1060. The summed E-state index contributed by atoms with van der Waals surface area (Å²) in [4.78, 5) is 26.0. The molecule has 7 heteroatoms. The van der Waals surface area contributed by atoms with Crippen LogP contribution in [0, 0.1) is 0 Å². The molecule has 168 valence electrons. The minimum Gasteiger partial charge on any atom is -0.496 e. The number of methoxy groups -OCH3 is 4. The molecule has 7 nitrogen and oxygen atoms in total. The van der Waals surface area contributed by atoms with Crippen LogP contribution in [0.15, 0.2) is 47.7 Å². The molecule has 1 aliphatic carbocycles. The van der Waals surface area contributed by atoms with Crippen LogP contribution in [0.3, 0.4) is 0 Å². The fourth-order valence-electron chi connectivity index (χ4n) is 4.75. The van der Waals surface area contributed by atoms with Crippen LogP contribution >= 0.6 is 0 Å². The number of hydrogen-bond acceptors (Lipinski definition) is 6. The molecule has 0 saturated heterocycles. The second-order valence-corrected chi connectivity index (χ2v) is 7.93. The molecule has 1 N–H and O–H groups in total. The number of Topliss-reactive ketones (excluding diaryl/α,β-unsaturated/α-hetero) is 1. The third kappa shape index (κ3) is 3.79. The molecule has 4 rings (SSSR count). The zero-order valence-corrected chi connectivity index (χ0v) is 18.7. The number of benzene rings is 2. The van der Waals surface area contributed by atoms with E-state index < -0.39 is 0 Å². The average Bonchev–Trinajstić information content (AvgIpc) is 2.81. The average molecular weight is 437 g/mol. The number of ketones is 1. The second kappa shape index (κ2) is 8.94. The lowest BCUT2D eigenvalue weighted by molar-refractivity contribution is -0.122. The van der Waals surface area contributed by atoms with Crippen LogP contribution in [0.25, 0.3) is 0 Å². The van der Waals surface area contributed by atoms with Crippen molar-refractivity contribution in [2.24, 2.45) is 0 Å². The first-order valence-electron chi connectivity index (χ1n) is 10.5. The van der Waals surface area contributed by atoms with Crippen molar-refractivity contribution in [3.05, 3.63) is 58.8 Å². The summed E-state index contributed by atoms with van der Waals surface area (Å²) < 4.78 is 21.9. The van der Waals surface area contributed by atoms with Gasteiger partial charge in [-0.1, -0.05) is 18.2 Å². The molecule has 0 bridgehead atoms. The first-order valence-corrected chi connectivity index (χ1v) is 10.5. The largest absolute Gasteiger partial charge is 0.496 e. The van der Waals surface area contributed by atoms with Crippen LogP contribution < -0.4 is 24.3 Å². The smallest absolute Gasteiger partial charge is 0.225 e. The molecular formula is C25H27NO6. The Balaban J connectivity index is 1.74. The van der Waals surface area contributed by atoms with E-state index >= 15 is 0 Å². The molecule has 2 aliphatic rings. The quantitative estimate of drug-likeness (QED) is 0.742. The topological polar surface area (TPSA) is 83.1 Å². The van der Waals surface area contributed by atoms with E-state index in [-0.39, 0.29) is 29.9 Å². The van der Waals surface area contributed by atoms with E-state index in [4.69, 9.17) is 18.9 Å². The number of ether oxygens (including phenoxy) is 4. The Labute approximate surface area is 187 Å². The summed E-state index contributed by atoms with van der Waals surface area (Å²) in [5, 5.41) is 2.96. The van der Waals surface area contributed by atoms with Gasteiger partial charge in [0.15, 0.2) is 17.3 Å². The van der Waals surface area contributed by atoms with E-state index in [2.05, 4.69) is 5.32 Å². The van der Waals surface area contributed by atoms with Crippen molar-refractivity contribution in [2.75, 3.05) is 28.4 Å². The van der Waals surface area contributed by atoms with Crippen molar-refractivity contribution in [3.63, 3.8) is 0 Å². The maximum Gasteiger partial charge on any atom is 0.225 e. The van der Waals surface area contributed by atoms with Gasteiger partial charge in [-0.3, -0.25) is 9.59 Å². The van der Waals surface area contributed by atoms with E-state index in [9.17, 15) is 9.59 Å². The Kier molecular flexibility index (Phi) is 6.08. The molecule has 0 fully saturated rings. The van der Waals surface area contributed by atoms with Crippen molar-refractivity contribution in [3.8, 4) is 23.0 Å². The highest BCUT2D eigenvalue weighted by atomic mass is 16.5. The standard InChI is InChI=1S/C25H27NO6/c1-29-20-8-6-5-7-16(20)17-13-23(28)26-18-9-14(10-19(27)24(17)18)15-11-21(30-2)25(32-4)22(12-15)31-3/h5-8,11-12,14,17H,9-10,13H2,1-4H3,(H,26,28)/t14-,17-/m0/s1. The van der Waals surface area contributed by atoms with E-state index in [1.54, 1.807) is 28.4 Å². The number of para-hydroxylation sites is 1. The van der Waals surface area contributed by atoms with E-state index in [1.165, 1.54) is 0 Å². The monoisotopic (exact) mass is 437 g/mol. The predicted molar refractivity (Wildman–Crippen MR) is 119 cm³/mol. The van der Waals surface area contributed by atoms with Gasteiger partial charge in [-0.2, -0.15) is 0 Å². The van der Waals surface area contributed by atoms with Gasteiger partial charge in [0.25, 0.3) is 0 Å². The number of hydrogen-bond donors (Lipinski definition) is 1. The fraction of sp³-hybridized carbons (Fsp3) is 0.360. The molecule has 2 aromatic rings. The molecule has 32 heavy (non-hydrogen) atoms. The molecule has 2 atom stereocenters. The summed E-state index contributed by atoms with van der Waals surface area (Å²) >= 11 is 0. The van der Waals surface area contributed by atoms with Crippen molar-refractivity contribution < 1.29 is 28.5 Å². The van der Waals surface area contributed by atoms with Crippen LogP contribution in [-0.2, 0) is 9.59 Å². The fourth-order valence-corrected chi connectivity index (χ4v) is 4.75. The number of carbonyl (C=O) groups is 2. The molecule has 2 aromatic carbocycles. The van der Waals surface area contributed by atoms with Gasteiger partial charge < -0.3 is 24.3 Å². The van der Waals surface area contributed by atoms with Crippen LogP contribution in [-0.4, -0.2) is 40.1 Å². The molecule has 1 amide bonds. The summed E-state index contributed by atoms with van der Waals surface area (Å²) in [6, 6.07) is 11.3. The zero-order chi connectivity index (χ0) is 22.8. The third-order valence-corrected chi connectivity index (χ3v) is 6.21. The number of allylic oxidation sites excluding steroid dienone is 2. The first kappa shape index (κ1) is 21.7. The first-order chi connectivity index (χ1) is 15.5. The number of nitrogens with one attached hydrogen (secondary N) is 1. The summed E-state index contributed by atoms with van der Waals surface area (Å²) in [7, 11) is 6.27. The highest BCUT2D eigenvalue weighted by molar-refractivity contribution is 6.02. The van der Waals surface area contributed by atoms with Gasteiger partial charge in [-0.25, -0.2) is 0 Å². The van der Waals surface area contributed by atoms with Crippen LogP contribution in [0.5, 0.6) is 23.0 Å². The zero-order valence-electron chi connectivity index (χ0n) is 18.7. The minimum absolute atomic E-state index is 0.0286. The molecule has 0 saturated carbocycles. The Morgan fingerprint density at radius 3 is 2.09 bits per heavy atom. The van der Waals surface area contributed by atoms with Crippen LogP contribution in [0.1, 0.15) is 42.2 Å². The van der Waals surface area contributed by atoms with E-state index in [0.29, 0.717) is 47.1 Å². The molecule has 0 spiro atoms. The summed E-state index contributed by atoms with van der Waals surface area (Å²) in [5.74, 6) is 1.75. The van der Waals surface area contributed by atoms with Gasteiger partial charge in [0.1, 0.15) is 5.75 Å². The lowest BCUT2D eigenvalue weighted by atomic mass is 9.73. The van der Waals surface area contributed by atoms with Gasteiger partial charge in [-0.15, -0.1) is 0 Å². The van der Waals surface area contributed by atoms with Crippen LogP contribution in [0.2, 0.25) is 0 Å². The molecule has 1 heterocycles. The van der Waals surface area contributed by atoms with Crippen molar-refractivity contribution in [2.45, 2.75) is 31.1 Å². The van der Waals surface area contributed by atoms with E-state index in [1.807, 2.05) is 36.4 Å². The third-order valence-electron chi connectivity index (χ3n) is 6.21. The molecule has 1 aliphatic heterocycles. The van der Waals surface area contributed by atoms with Crippen molar-refractivity contribution in [1.29, 1.82) is 0 Å². The second-order valence-electron chi connectivity index (χ2n) is 7.93. The Morgan fingerprint density at radius 2 is 1.47 bits per heavy atom. The van der Waals surface area contributed by atoms with Crippen LogP contribution in [0.4, 0.5) is 0 Å². The van der Waals surface area contributed by atoms with Crippen molar-refractivity contribution >= 4 is 11.7 Å². The number of carbonyl (C=O) groups excluding carboxylic acids is 2. The van der Waals surface area contributed by atoms with Gasteiger partial charge >= 0.3 is 0 Å². The molecular weight excluding hydrogens is 410 g/mol. The highest BCUT2D eigenvalue weighted by Crippen LogP contribution is 2.47. The lowest BCUT2D eigenvalue weighted by Gasteiger charge is -2.35.